The number of aryl methyl sites for hydroxylation is 1. The minimum absolute atomic E-state index is 0.343. The molecule has 1 aromatic rings. The fraction of sp³-hybridized carbons (Fsp3) is 0.200. The molecule has 0 unspecified atom stereocenters. The van der Waals surface area contributed by atoms with Crippen molar-refractivity contribution in [1.29, 1.82) is 0 Å². The molecular weight excluding hydrogens is 104 g/mol. The normalized spacial score (nSPS) is 9.12. The molecule has 1 aromatic heterocycles. The third kappa shape index (κ3) is 0.932. The molecule has 1 rings (SSSR count). The molecule has 0 bridgehead atoms. The number of hydrogen-bond donors (Lipinski definition) is 1. The minimum atomic E-state index is -0.343. The second kappa shape index (κ2) is 1.78. The van der Waals surface area contributed by atoms with Gasteiger partial charge in [-0.25, -0.2) is 4.79 Å². The van der Waals surface area contributed by atoms with E-state index < -0.39 is 0 Å². The SMILES string of the molecule is Cc1c[c]nc(=O)[nH]1. The fourth-order valence-electron chi connectivity index (χ4n) is 0.420. The second-order valence-electron chi connectivity index (χ2n) is 1.50. The van der Waals surface area contributed by atoms with Crippen LogP contribution in [0.3, 0.4) is 0 Å². The van der Waals surface area contributed by atoms with E-state index in [4.69, 9.17) is 0 Å². The van der Waals surface area contributed by atoms with Crippen LogP contribution >= 0.6 is 0 Å². The molecule has 3 nitrogen and oxygen atoms in total. The number of H-pyrrole nitrogens is 1. The van der Waals surface area contributed by atoms with Crippen LogP contribution in [0.25, 0.3) is 0 Å². The summed E-state index contributed by atoms with van der Waals surface area (Å²) in [5.41, 5.74) is 0.440. The van der Waals surface area contributed by atoms with E-state index in [1.54, 1.807) is 13.0 Å². The third-order valence-corrected chi connectivity index (χ3v) is 0.751. The molecule has 8 heavy (non-hydrogen) atoms. The standard InChI is InChI=1S/C5H5N2O/c1-4-2-3-6-5(8)7-4/h2H,1H3,(H,6,7,8). The van der Waals surface area contributed by atoms with Gasteiger partial charge in [-0.05, 0) is 13.0 Å². The van der Waals surface area contributed by atoms with Crippen molar-refractivity contribution in [3.63, 3.8) is 0 Å². The number of rotatable bonds is 0. The number of nitrogens with zero attached hydrogens (tertiary/aromatic N) is 1. The van der Waals surface area contributed by atoms with Crippen molar-refractivity contribution >= 4 is 0 Å². The summed E-state index contributed by atoms with van der Waals surface area (Å²) in [5, 5.41) is 0. The highest BCUT2D eigenvalue weighted by atomic mass is 16.1. The van der Waals surface area contributed by atoms with Gasteiger partial charge in [-0.3, -0.25) is 0 Å². The molecule has 1 radical (unpaired) electrons. The van der Waals surface area contributed by atoms with Crippen LogP contribution in [0.4, 0.5) is 0 Å². The number of aromatic amines is 1. The lowest BCUT2D eigenvalue weighted by atomic mass is 10.5. The third-order valence-electron chi connectivity index (χ3n) is 0.751. The summed E-state index contributed by atoms with van der Waals surface area (Å²) < 4.78 is 0. The Bertz CT molecular complexity index is 228. The summed E-state index contributed by atoms with van der Waals surface area (Å²) in [6.07, 6.45) is 2.44. The summed E-state index contributed by atoms with van der Waals surface area (Å²) in [4.78, 5) is 16.1. The van der Waals surface area contributed by atoms with Crippen molar-refractivity contribution in [2.45, 2.75) is 6.92 Å². The molecule has 0 saturated heterocycles. The van der Waals surface area contributed by atoms with Crippen LogP contribution in [0, 0.1) is 13.1 Å². The molecule has 41 valence electrons. The first-order chi connectivity index (χ1) is 3.79. The highest BCUT2D eigenvalue weighted by molar-refractivity contribution is 4.91. The Morgan fingerprint density at radius 3 is 3.00 bits per heavy atom. The van der Waals surface area contributed by atoms with E-state index >= 15 is 0 Å². The smallest absolute Gasteiger partial charge is 0.310 e. The molecule has 1 N–H and O–H groups in total. The molecule has 0 aliphatic heterocycles. The van der Waals surface area contributed by atoms with Crippen molar-refractivity contribution in [3.8, 4) is 0 Å². The molecule has 0 aliphatic carbocycles. The molecule has 0 atom stereocenters. The van der Waals surface area contributed by atoms with Crippen LogP contribution in [0.5, 0.6) is 0 Å². The van der Waals surface area contributed by atoms with Gasteiger partial charge < -0.3 is 4.98 Å². The minimum Gasteiger partial charge on any atom is -0.310 e. The van der Waals surface area contributed by atoms with Gasteiger partial charge in [0.25, 0.3) is 0 Å². The average Bonchev–Trinajstić information content (AvgIpc) is 1.64. The lowest BCUT2D eigenvalue weighted by molar-refractivity contribution is 1.02. The quantitative estimate of drug-likeness (QED) is 0.504. The summed E-state index contributed by atoms with van der Waals surface area (Å²) in [5.74, 6) is 0. The number of nitrogens with one attached hydrogen (secondary N) is 1. The summed E-state index contributed by atoms with van der Waals surface area (Å²) in [6, 6.07) is 1.61. The zero-order chi connectivity index (χ0) is 5.98. The first-order valence-corrected chi connectivity index (χ1v) is 2.23. The first kappa shape index (κ1) is 5.03. The number of aromatic nitrogens is 2. The summed E-state index contributed by atoms with van der Waals surface area (Å²) in [7, 11) is 0. The Hall–Kier alpha value is -1.12. The maximum absolute atomic E-state index is 10.3. The lowest BCUT2D eigenvalue weighted by Crippen LogP contribution is -2.09. The largest absolute Gasteiger partial charge is 0.345 e. The van der Waals surface area contributed by atoms with Gasteiger partial charge in [-0.2, -0.15) is 4.98 Å². The van der Waals surface area contributed by atoms with Crippen molar-refractivity contribution in [3.05, 3.63) is 28.4 Å². The zero-order valence-electron chi connectivity index (χ0n) is 4.43. The van der Waals surface area contributed by atoms with Crippen LogP contribution in [-0.2, 0) is 0 Å². The van der Waals surface area contributed by atoms with E-state index in [1.807, 2.05) is 0 Å². The van der Waals surface area contributed by atoms with Crippen LogP contribution in [0.2, 0.25) is 0 Å². The van der Waals surface area contributed by atoms with Crippen molar-refractivity contribution in [2.75, 3.05) is 0 Å². The van der Waals surface area contributed by atoms with Gasteiger partial charge in [-0.1, -0.05) is 0 Å². The van der Waals surface area contributed by atoms with Crippen LogP contribution in [-0.4, -0.2) is 9.97 Å². The van der Waals surface area contributed by atoms with E-state index in [-0.39, 0.29) is 5.69 Å². The molecule has 0 spiro atoms. The van der Waals surface area contributed by atoms with E-state index in [0.29, 0.717) is 0 Å². The highest BCUT2D eigenvalue weighted by Gasteiger charge is 1.81. The first-order valence-electron chi connectivity index (χ1n) is 2.23. The van der Waals surface area contributed by atoms with E-state index in [1.165, 1.54) is 0 Å². The van der Waals surface area contributed by atoms with Gasteiger partial charge in [0.2, 0.25) is 0 Å². The number of hydrogen-bond acceptors (Lipinski definition) is 2. The predicted molar refractivity (Wildman–Crippen MR) is 28.4 cm³/mol. The van der Waals surface area contributed by atoms with E-state index in [0.717, 1.165) is 5.69 Å². The predicted octanol–water partition coefficient (Wildman–Crippen LogP) is -0.121. The second-order valence-corrected chi connectivity index (χ2v) is 1.50. The maximum Gasteiger partial charge on any atom is 0.345 e. The molecule has 0 amide bonds. The fourth-order valence-corrected chi connectivity index (χ4v) is 0.420. The van der Waals surface area contributed by atoms with Crippen molar-refractivity contribution < 1.29 is 0 Å². The Morgan fingerprint density at radius 2 is 2.62 bits per heavy atom. The molecule has 0 aliphatic rings. The molecule has 1 heterocycles. The Kier molecular flexibility index (Phi) is 1.12. The molecular formula is C5H5N2O. The maximum atomic E-state index is 10.3. The topological polar surface area (TPSA) is 45.8 Å². The average molecular weight is 109 g/mol. The van der Waals surface area contributed by atoms with Crippen molar-refractivity contribution in [1.82, 2.24) is 9.97 Å². The highest BCUT2D eigenvalue weighted by Crippen LogP contribution is 1.78. The van der Waals surface area contributed by atoms with Gasteiger partial charge in [0.1, 0.15) is 0 Å². The van der Waals surface area contributed by atoms with Crippen LogP contribution in [0.1, 0.15) is 5.69 Å². The summed E-state index contributed by atoms with van der Waals surface area (Å²) >= 11 is 0. The Morgan fingerprint density at radius 1 is 1.88 bits per heavy atom. The lowest BCUT2D eigenvalue weighted by Gasteiger charge is -1.83. The van der Waals surface area contributed by atoms with Crippen LogP contribution in [0.15, 0.2) is 10.9 Å². The molecule has 0 fully saturated rings. The van der Waals surface area contributed by atoms with Gasteiger partial charge in [0.05, 0.1) is 6.20 Å². The van der Waals surface area contributed by atoms with Gasteiger partial charge >= 0.3 is 5.69 Å². The Balaban J connectivity index is 3.28. The van der Waals surface area contributed by atoms with Crippen molar-refractivity contribution in [2.24, 2.45) is 0 Å². The summed E-state index contributed by atoms with van der Waals surface area (Å²) in [6.45, 7) is 1.78. The van der Waals surface area contributed by atoms with Gasteiger partial charge in [0, 0.05) is 5.69 Å². The molecule has 0 saturated carbocycles. The zero-order valence-corrected chi connectivity index (χ0v) is 4.43. The molecule has 3 heteroatoms. The molecule has 0 aromatic carbocycles. The van der Waals surface area contributed by atoms with Gasteiger partial charge in [0.15, 0.2) is 0 Å². The van der Waals surface area contributed by atoms with Crippen LogP contribution < -0.4 is 5.69 Å². The Labute approximate surface area is 46.4 Å². The monoisotopic (exact) mass is 109 g/mol. The van der Waals surface area contributed by atoms with E-state index in [2.05, 4.69) is 16.2 Å². The van der Waals surface area contributed by atoms with E-state index in [9.17, 15) is 4.79 Å². The van der Waals surface area contributed by atoms with Gasteiger partial charge in [-0.15, -0.1) is 0 Å².